The first-order valence-electron chi connectivity index (χ1n) is 6.07. The fraction of sp³-hybridized carbons (Fsp3) is 0.133. The van der Waals surface area contributed by atoms with E-state index in [1.807, 2.05) is 24.3 Å². The number of alkyl halides is 1. The Morgan fingerprint density at radius 1 is 1.25 bits per heavy atom. The Morgan fingerprint density at radius 2 is 2.05 bits per heavy atom. The SMILES string of the molecule is Fc1ccc(Br)c(C(Cl)Cc2nc3ccccc3o2)c1. The molecule has 1 heterocycles. The average molecular weight is 355 g/mol. The lowest BCUT2D eigenvalue weighted by Gasteiger charge is -2.09. The molecule has 0 amide bonds. The summed E-state index contributed by atoms with van der Waals surface area (Å²) in [7, 11) is 0. The third-order valence-electron chi connectivity index (χ3n) is 2.99. The van der Waals surface area contributed by atoms with Crippen molar-refractivity contribution in [3.63, 3.8) is 0 Å². The molecular weight excluding hydrogens is 345 g/mol. The zero-order valence-corrected chi connectivity index (χ0v) is 12.7. The highest BCUT2D eigenvalue weighted by molar-refractivity contribution is 9.10. The molecule has 0 aliphatic rings. The topological polar surface area (TPSA) is 26.0 Å². The second-order valence-corrected chi connectivity index (χ2v) is 5.79. The average Bonchev–Trinajstić information content (AvgIpc) is 2.83. The maximum atomic E-state index is 13.3. The molecular formula is C15H10BrClFNO. The molecule has 1 atom stereocenters. The second kappa shape index (κ2) is 5.54. The molecule has 102 valence electrons. The fourth-order valence-corrected chi connectivity index (χ4v) is 2.99. The summed E-state index contributed by atoms with van der Waals surface area (Å²) < 4.78 is 19.7. The molecule has 3 aromatic rings. The van der Waals surface area contributed by atoms with Crippen LogP contribution in [0.5, 0.6) is 0 Å². The third-order valence-corrected chi connectivity index (χ3v) is 4.10. The summed E-state index contributed by atoms with van der Waals surface area (Å²) in [5.74, 6) is 0.230. The van der Waals surface area contributed by atoms with Crippen molar-refractivity contribution < 1.29 is 8.81 Å². The molecule has 0 spiro atoms. The lowest BCUT2D eigenvalue weighted by atomic mass is 10.1. The summed E-state index contributed by atoms with van der Waals surface area (Å²) in [6.07, 6.45) is 0.401. The first kappa shape index (κ1) is 13.6. The Kier molecular flexibility index (Phi) is 3.76. The summed E-state index contributed by atoms with van der Waals surface area (Å²) in [5, 5.41) is -0.409. The summed E-state index contributed by atoms with van der Waals surface area (Å²) >= 11 is 9.73. The van der Waals surface area contributed by atoms with Crippen molar-refractivity contribution in [1.82, 2.24) is 4.98 Å². The van der Waals surface area contributed by atoms with E-state index >= 15 is 0 Å². The van der Waals surface area contributed by atoms with E-state index in [-0.39, 0.29) is 5.82 Å². The van der Waals surface area contributed by atoms with Crippen LogP contribution in [0.25, 0.3) is 11.1 Å². The van der Waals surface area contributed by atoms with Gasteiger partial charge >= 0.3 is 0 Å². The van der Waals surface area contributed by atoms with Gasteiger partial charge in [0.2, 0.25) is 0 Å². The van der Waals surface area contributed by atoms with E-state index < -0.39 is 5.38 Å². The highest BCUT2D eigenvalue weighted by atomic mass is 79.9. The molecule has 0 radical (unpaired) electrons. The van der Waals surface area contributed by atoms with Gasteiger partial charge in [0, 0.05) is 10.9 Å². The molecule has 3 rings (SSSR count). The van der Waals surface area contributed by atoms with Gasteiger partial charge in [-0.3, -0.25) is 0 Å². The number of hydrogen-bond acceptors (Lipinski definition) is 2. The molecule has 0 aliphatic heterocycles. The molecule has 2 nitrogen and oxygen atoms in total. The smallest absolute Gasteiger partial charge is 0.197 e. The van der Waals surface area contributed by atoms with Crippen molar-refractivity contribution in [2.75, 3.05) is 0 Å². The molecule has 0 saturated carbocycles. The Bertz CT molecular complexity index is 725. The molecule has 0 saturated heterocycles. The Labute approximate surface area is 128 Å². The van der Waals surface area contributed by atoms with E-state index in [0.29, 0.717) is 17.9 Å². The number of para-hydroxylation sites is 2. The van der Waals surface area contributed by atoms with Crippen LogP contribution >= 0.6 is 27.5 Å². The van der Waals surface area contributed by atoms with Gasteiger partial charge in [-0.25, -0.2) is 9.37 Å². The number of fused-ring (bicyclic) bond motifs is 1. The number of halogens is 3. The summed E-state index contributed by atoms with van der Waals surface area (Å²) in [5.41, 5.74) is 2.21. The highest BCUT2D eigenvalue weighted by Crippen LogP contribution is 2.32. The zero-order valence-electron chi connectivity index (χ0n) is 10.3. The molecule has 1 aromatic heterocycles. The molecule has 0 aliphatic carbocycles. The minimum Gasteiger partial charge on any atom is -0.441 e. The minimum absolute atomic E-state index is 0.314. The van der Waals surface area contributed by atoms with Crippen molar-refractivity contribution in [1.29, 1.82) is 0 Å². The lowest BCUT2D eigenvalue weighted by Crippen LogP contribution is -1.98. The monoisotopic (exact) mass is 353 g/mol. The van der Waals surface area contributed by atoms with Crippen molar-refractivity contribution >= 4 is 38.6 Å². The quantitative estimate of drug-likeness (QED) is 0.600. The predicted octanol–water partition coefficient (Wildman–Crippen LogP) is 5.25. The van der Waals surface area contributed by atoms with Crippen LogP contribution in [0.3, 0.4) is 0 Å². The predicted molar refractivity (Wildman–Crippen MR) is 80.4 cm³/mol. The van der Waals surface area contributed by atoms with Crippen molar-refractivity contribution in [2.45, 2.75) is 11.8 Å². The van der Waals surface area contributed by atoms with E-state index in [1.54, 1.807) is 6.07 Å². The Morgan fingerprint density at radius 3 is 2.85 bits per heavy atom. The molecule has 0 bridgehead atoms. The molecule has 1 unspecified atom stereocenters. The largest absolute Gasteiger partial charge is 0.441 e. The van der Waals surface area contributed by atoms with Gasteiger partial charge in [0.05, 0.1) is 5.38 Å². The number of rotatable bonds is 3. The van der Waals surface area contributed by atoms with Crippen molar-refractivity contribution in [2.24, 2.45) is 0 Å². The van der Waals surface area contributed by atoms with E-state index in [1.165, 1.54) is 12.1 Å². The summed E-state index contributed by atoms with van der Waals surface area (Å²) in [6.45, 7) is 0. The Balaban J connectivity index is 1.88. The van der Waals surface area contributed by atoms with Crippen LogP contribution in [0.4, 0.5) is 4.39 Å². The van der Waals surface area contributed by atoms with E-state index in [0.717, 1.165) is 15.6 Å². The first-order chi connectivity index (χ1) is 9.63. The summed E-state index contributed by atoms with van der Waals surface area (Å²) in [4.78, 5) is 4.37. The van der Waals surface area contributed by atoms with Gasteiger partial charge in [-0.05, 0) is 35.9 Å². The first-order valence-corrected chi connectivity index (χ1v) is 7.30. The van der Waals surface area contributed by atoms with Gasteiger partial charge in [-0.15, -0.1) is 11.6 Å². The fourth-order valence-electron chi connectivity index (χ4n) is 2.03. The molecule has 20 heavy (non-hydrogen) atoms. The van der Waals surface area contributed by atoms with E-state index in [2.05, 4.69) is 20.9 Å². The van der Waals surface area contributed by atoms with Gasteiger partial charge in [0.1, 0.15) is 11.3 Å². The van der Waals surface area contributed by atoms with Gasteiger partial charge in [-0.2, -0.15) is 0 Å². The van der Waals surface area contributed by atoms with Gasteiger partial charge in [0.25, 0.3) is 0 Å². The Hall–Kier alpha value is -1.39. The standard InChI is InChI=1S/C15H10BrClFNO/c16-11-6-5-9(18)7-10(11)12(17)8-15-19-13-3-1-2-4-14(13)20-15/h1-7,12H,8H2. The third kappa shape index (κ3) is 2.72. The van der Waals surface area contributed by atoms with E-state index in [4.69, 9.17) is 16.0 Å². The molecule has 0 fully saturated rings. The maximum absolute atomic E-state index is 13.3. The van der Waals surface area contributed by atoms with Gasteiger partial charge < -0.3 is 4.42 Å². The van der Waals surface area contributed by atoms with Crippen LogP contribution in [0.15, 0.2) is 51.4 Å². The minimum atomic E-state index is -0.409. The lowest BCUT2D eigenvalue weighted by molar-refractivity contribution is 0.524. The van der Waals surface area contributed by atoms with Crippen molar-refractivity contribution in [3.05, 3.63) is 64.2 Å². The number of hydrogen-bond donors (Lipinski definition) is 0. The van der Waals surface area contributed by atoms with E-state index in [9.17, 15) is 4.39 Å². The van der Waals surface area contributed by atoms with Crippen LogP contribution in [0, 0.1) is 5.82 Å². The van der Waals surface area contributed by atoms with Crippen LogP contribution in [0.1, 0.15) is 16.8 Å². The van der Waals surface area contributed by atoms with Crippen molar-refractivity contribution in [3.8, 4) is 0 Å². The van der Waals surface area contributed by atoms with Gasteiger partial charge in [-0.1, -0.05) is 28.1 Å². The zero-order chi connectivity index (χ0) is 14.1. The number of nitrogens with zero attached hydrogens (tertiary/aromatic N) is 1. The van der Waals surface area contributed by atoms with Crippen LogP contribution in [-0.2, 0) is 6.42 Å². The normalized spacial score (nSPS) is 12.8. The number of benzene rings is 2. The molecule has 5 heteroatoms. The number of oxazole rings is 1. The summed E-state index contributed by atoms with van der Waals surface area (Å²) in [6, 6.07) is 12.0. The maximum Gasteiger partial charge on any atom is 0.197 e. The van der Waals surface area contributed by atoms with Crippen LogP contribution in [-0.4, -0.2) is 4.98 Å². The number of aromatic nitrogens is 1. The van der Waals surface area contributed by atoms with Crippen LogP contribution < -0.4 is 0 Å². The highest BCUT2D eigenvalue weighted by Gasteiger charge is 2.16. The molecule has 0 N–H and O–H groups in total. The second-order valence-electron chi connectivity index (χ2n) is 4.41. The molecule has 2 aromatic carbocycles. The van der Waals surface area contributed by atoms with Gasteiger partial charge in [0.15, 0.2) is 11.5 Å². The van der Waals surface area contributed by atoms with Crippen LogP contribution in [0.2, 0.25) is 0 Å².